The number of hydrogen-bond donors (Lipinski definition) is 2. The third-order valence-corrected chi connectivity index (χ3v) is 6.06. The number of hydrogen-bond acceptors (Lipinski definition) is 5. The Balaban J connectivity index is 2.02. The van der Waals surface area contributed by atoms with E-state index < -0.39 is 22.0 Å². The lowest BCUT2D eigenvalue weighted by Crippen LogP contribution is -2.35. The number of carbonyl (C=O) groups is 2. The molecule has 10 heteroatoms. The van der Waals surface area contributed by atoms with E-state index in [0.29, 0.717) is 13.1 Å². The molecule has 0 unspecified atom stereocenters. The largest absolute Gasteiger partial charge is 0.450 e. The number of nitrogens with zero attached hydrogens (tertiary/aromatic N) is 1. The van der Waals surface area contributed by atoms with E-state index >= 15 is 0 Å². The van der Waals surface area contributed by atoms with Gasteiger partial charge in [-0.25, -0.2) is 13.2 Å². The summed E-state index contributed by atoms with van der Waals surface area (Å²) in [6.45, 7) is 3.22. The van der Waals surface area contributed by atoms with Crippen LogP contribution in [0.5, 0.6) is 0 Å². The van der Waals surface area contributed by atoms with E-state index in [0.717, 1.165) is 12.8 Å². The van der Waals surface area contributed by atoms with Crippen LogP contribution >= 0.6 is 11.6 Å². The lowest BCUT2D eigenvalue weighted by molar-refractivity contribution is 0.0952. The number of sulfonamides is 1. The molecule has 0 saturated carbocycles. The number of rotatable bonds is 7. The van der Waals surface area contributed by atoms with Gasteiger partial charge in [0.1, 0.15) is 0 Å². The number of ether oxygens (including phenoxy) is 1. The van der Waals surface area contributed by atoms with Crippen LogP contribution < -0.4 is 10.6 Å². The summed E-state index contributed by atoms with van der Waals surface area (Å²) in [5.41, 5.74) is 0.0723. The molecular formula is C16H22ClN3O5S. The summed E-state index contributed by atoms with van der Waals surface area (Å²) in [6.07, 6.45) is 1.08. The highest BCUT2D eigenvalue weighted by atomic mass is 35.5. The minimum absolute atomic E-state index is 0.0404. The molecule has 1 fully saturated rings. The zero-order valence-electron chi connectivity index (χ0n) is 14.5. The van der Waals surface area contributed by atoms with Crippen LogP contribution in [0, 0.1) is 0 Å². The fraction of sp³-hybridized carbons (Fsp3) is 0.500. The topological polar surface area (TPSA) is 105 Å². The van der Waals surface area contributed by atoms with Crippen molar-refractivity contribution in [1.29, 1.82) is 0 Å². The van der Waals surface area contributed by atoms with Crippen LogP contribution in [0.3, 0.4) is 0 Å². The molecule has 1 heterocycles. The first-order valence-electron chi connectivity index (χ1n) is 8.34. The van der Waals surface area contributed by atoms with Gasteiger partial charge >= 0.3 is 6.09 Å². The predicted octanol–water partition coefficient (Wildman–Crippen LogP) is 1.60. The second-order valence-electron chi connectivity index (χ2n) is 5.66. The summed E-state index contributed by atoms with van der Waals surface area (Å²) < 4.78 is 31.3. The smallest absolute Gasteiger partial charge is 0.407 e. The van der Waals surface area contributed by atoms with Gasteiger partial charge in [0.05, 0.1) is 22.1 Å². The normalized spacial score (nSPS) is 14.8. The van der Waals surface area contributed by atoms with Crippen LogP contribution in [0.25, 0.3) is 0 Å². The summed E-state index contributed by atoms with van der Waals surface area (Å²) >= 11 is 6.05. The first-order valence-corrected chi connectivity index (χ1v) is 10.2. The lowest BCUT2D eigenvalue weighted by atomic mass is 10.2. The Morgan fingerprint density at radius 2 is 1.85 bits per heavy atom. The highest BCUT2D eigenvalue weighted by Gasteiger charge is 2.28. The molecule has 0 bridgehead atoms. The zero-order valence-corrected chi connectivity index (χ0v) is 16.0. The molecule has 0 radical (unpaired) electrons. The SMILES string of the molecule is CCOC(=O)NCCNC(=O)c1cc(S(=O)(=O)N2CCCC2)ccc1Cl. The zero-order chi connectivity index (χ0) is 19.2. The second kappa shape index (κ2) is 9.20. The number of alkyl carbamates (subject to hydrolysis) is 1. The quantitative estimate of drug-likeness (QED) is 0.673. The van der Waals surface area contributed by atoms with Crippen molar-refractivity contribution in [3.05, 3.63) is 28.8 Å². The van der Waals surface area contributed by atoms with Crippen molar-refractivity contribution < 1.29 is 22.7 Å². The Kier molecular flexibility index (Phi) is 7.24. The molecule has 26 heavy (non-hydrogen) atoms. The van der Waals surface area contributed by atoms with Gasteiger partial charge in [-0.2, -0.15) is 4.31 Å². The van der Waals surface area contributed by atoms with Gasteiger partial charge in [0.25, 0.3) is 5.91 Å². The number of halogens is 1. The van der Waals surface area contributed by atoms with Crippen molar-refractivity contribution in [3.8, 4) is 0 Å². The van der Waals surface area contributed by atoms with Crippen molar-refractivity contribution >= 4 is 33.6 Å². The summed E-state index contributed by atoms with van der Waals surface area (Å²) in [5, 5.41) is 5.20. The molecule has 0 atom stereocenters. The highest BCUT2D eigenvalue weighted by molar-refractivity contribution is 7.89. The van der Waals surface area contributed by atoms with E-state index in [9.17, 15) is 18.0 Å². The minimum atomic E-state index is -3.63. The van der Waals surface area contributed by atoms with E-state index in [1.165, 1.54) is 22.5 Å². The van der Waals surface area contributed by atoms with Gasteiger partial charge in [-0.15, -0.1) is 0 Å². The van der Waals surface area contributed by atoms with Crippen LogP contribution in [-0.4, -0.2) is 57.5 Å². The highest BCUT2D eigenvalue weighted by Crippen LogP contribution is 2.25. The Labute approximate surface area is 157 Å². The van der Waals surface area contributed by atoms with Gasteiger partial charge < -0.3 is 15.4 Å². The average molecular weight is 404 g/mol. The number of benzene rings is 1. The average Bonchev–Trinajstić information content (AvgIpc) is 3.14. The Morgan fingerprint density at radius 3 is 2.50 bits per heavy atom. The van der Waals surface area contributed by atoms with Crippen molar-refractivity contribution in [3.63, 3.8) is 0 Å². The molecule has 0 aromatic heterocycles. The van der Waals surface area contributed by atoms with Gasteiger partial charge in [-0.3, -0.25) is 4.79 Å². The Morgan fingerprint density at radius 1 is 1.19 bits per heavy atom. The van der Waals surface area contributed by atoms with Crippen LogP contribution in [0.1, 0.15) is 30.1 Å². The number of amides is 2. The molecule has 1 aliphatic rings. The van der Waals surface area contributed by atoms with Gasteiger partial charge in [0.2, 0.25) is 10.0 Å². The van der Waals surface area contributed by atoms with Crippen molar-refractivity contribution in [2.75, 3.05) is 32.8 Å². The molecule has 0 aliphatic carbocycles. The van der Waals surface area contributed by atoms with Crippen LogP contribution in [0.15, 0.2) is 23.1 Å². The van der Waals surface area contributed by atoms with Crippen molar-refractivity contribution in [2.45, 2.75) is 24.7 Å². The maximum atomic E-state index is 12.6. The van der Waals surface area contributed by atoms with Gasteiger partial charge in [0, 0.05) is 26.2 Å². The molecule has 1 saturated heterocycles. The van der Waals surface area contributed by atoms with Crippen LogP contribution in [0.2, 0.25) is 5.02 Å². The lowest BCUT2D eigenvalue weighted by Gasteiger charge is -2.16. The standard InChI is InChI=1S/C16H22ClN3O5S/c1-2-25-16(22)19-8-7-18-15(21)13-11-12(5-6-14(13)17)26(23,24)20-9-3-4-10-20/h5-6,11H,2-4,7-10H2,1H3,(H,18,21)(H,19,22). The maximum absolute atomic E-state index is 12.6. The molecule has 144 valence electrons. The summed E-state index contributed by atoms with van der Waals surface area (Å²) in [6, 6.07) is 4.08. The van der Waals surface area contributed by atoms with E-state index in [4.69, 9.17) is 16.3 Å². The third kappa shape index (κ3) is 5.09. The van der Waals surface area contributed by atoms with E-state index in [1.54, 1.807) is 6.92 Å². The fourth-order valence-corrected chi connectivity index (χ4v) is 4.28. The molecule has 2 N–H and O–H groups in total. The van der Waals surface area contributed by atoms with Crippen LogP contribution in [-0.2, 0) is 14.8 Å². The first-order chi connectivity index (χ1) is 12.4. The van der Waals surface area contributed by atoms with E-state index in [2.05, 4.69) is 10.6 Å². The maximum Gasteiger partial charge on any atom is 0.407 e. The van der Waals surface area contributed by atoms with E-state index in [-0.39, 0.29) is 35.2 Å². The Hall–Kier alpha value is -1.84. The van der Waals surface area contributed by atoms with E-state index in [1.807, 2.05) is 0 Å². The van der Waals surface area contributed by atoms with Crippen LogP contribution in [0.4, 0.5) is 4.79 Å². The second-order valence-corrected chi connectivity index (χ2v) is 8.00. The molecule has 8 nitrogen and oxygen atoms in total. The third-order valence-electron chi connectivity index (χ3n) is 3.84. The molecule has 2 amide bonds. The molecule has 0 spiro atoms. The molecule has 1 aromatic rings. The Bertz CT molecular complexity index is 763. The number of carbonyl (C=O) groups excluding carboxylic acids is 2. The minimum Gasteiger partial charge on any atom is -0.450 e. The monoisotopic (exact) mass is 403 g/mol. The van der Waals surface area contributed by atoms with Gasteiger partial charge in [0.15, 0.2) is 0 Å². The predicted molar refractivity (Wildman–Crippen MR) is 96.8 cm³/mol. The number of nitrogens with one attached hydrogen (secondary N) is 2. The molecule has 2 rings (SSSR count). The molecule has 1 aromatic carbocycles. The van der Waals surface area contributed by atoms with Gasteiger partial charge in [-0.05, 0) is 38.0 Å². The summed E-state index contributed by atoms with van der Waals surface area (Å²) in [4.78, 5) is 23.5. The van der Waals surface area contributed by atoms with Gasteiger partial charge in [-0.1, -0.05) is 11.6 Å². The van der Waals surface area contributed by atoms with Crippen molar-refractivity contribution in [1.82, 2.24) is 14.9 Å². The van der Waals surface area contributed by atoms with Crippen molar-refractivity contribution in [2.24, 2.45) is 0 Å². The first kappa shape index (κ1) is 20.5. The summed E-state index contributed by atoms with van der Waals surface area (Å²) in [7, 11) is -3.63. The molecular weight excluding hydrogens is 382 g/mol. The fourth-order valence-electron chi connectivity index (χ4n) is 2.53. The molecule has 1 aliphatic heterocycles. The summed E-state index contributed by atoms with van der Waals surface area (Å²) in [5.74, 6) is -0.515.